The molecule has 2 N–H and O–H groups in total. The first-order chi connectivity index (χ1) is 7.65. The lowest BCUT2D eigenvalue weighted by Crippen LogP contribution is -2.40. The van der Waals surface area contributed by atoms with Crippen LogP contribution in [-0.2, 0) is 7.05 Å². The quantitative estimate of drug-likeness (QED) is 0.850. The van der Waals surface area contributed by atoms with Crippen molar-refractivity contribution in [1.29, 1.82) is 0 Å². The molecular formula is C11H19ClN4O. The third-order valence-corrected chi connectivity index (χ3v) is 3.38. The molecule has 0 aliphatic carbocycles. The van der Waals surface area contributed by atoms with E-state index >= 15 is 0 Å². The standard InChI is InChI=1S/C11H18N4O.ClH/c1-8-10(7-13-14(8)2)11(16)15-5-3-4-9(15)6-12;/h7,9H,3-6,12H2,1-2H3;1H. The molecule has 5 nitrogen and oxygen atoms in total. The van der Waals surface area contributed by atoms with Gasteiger partial charge in [-0.2, -0.15) is 5.10 Å². The molecule has 0 bridgehead atoms. The summed E-state index contributed by atoms with van der Waals surface area (Å²) in [6.07, 6.45) is 3.71. The molecule has 1 atom stereocenters. The van der Waals surface area contributed by atoms with Crippen LogP contribution >= 0.6 is 12.4 Å². The number of carbonyl (C=O) groups excluding carboxylic acids is 1. The van der Waals surface area contributed by atoms with Gasteiger partial charge in [-0.1, -0.05) is 0 Å². The van der Waals surface area contributed by atoms with Crippen molar-refractivity contribution in [2.45, 2.75) is 25.8 Å². The Morgan fingerprint density at radius 1 is 1.65 bits per heavy atom. The van der Waals surface area contributed by atoms with Gasteiger partial charge in [0.05, 0.1) is 11.8 Å². The second-order valence-corrected chi connectivity index (χ2v) is 4.30. The van der Waals surface area contributed by atoms with Gasteiger partial charge in [-0.05, 0) is 19.8 Å². The minimum absolute atomic E-state index is 0. The van der Waals surface area contributed by atoms with E-state index < -0.39 is 0 Å². The second kappa shape index (κ2) is 5.51. The van der Waals surface area contributed by atoms with Crippen LogP contribution in [0.25, 0.3) is 0 Å². The summed E-state index contributed by atoms with van der Waals surface area (Å²) in [5.74, 6) is 0.0681. The molecule has 1 aromatic rings. The first-order valence-corrected chi connectivity index (χ1v) is 5.64. The number of nitrogens with zero attached hydrogens (tertiary/aromatic N) is 3. The zero-order chi connectivity index (χ0) is 11.7. The van der Waals surface area contributed by atoms with Gasteiger partial charge in [0.2, 0.25) is 0 Å². The maximum atomic E-state index is 12.3. The molecule has 6 heteroatoms. The minimum Gasteiger partial charge on any atom is -0.334 e. The van der Waals surface area contributed by atoms with Crippen molar-refractivity contribution in [3.63, 3.8) is 0 Å². The van der Waals surface area contributed by atoms with Gasteiger partial charge in [-0.15, -0.1) is 12.4 Å². The van der Waals surface area contributed by atoms with Gasteiger partial charge in [0.15, 0.2) is 0 Å². The molecule has 1 saturated heterocycles. The van der Waals surface area contributed by atoms with Crippen LogP contribution in [0.3, 0.4) is 0 Å². The highest BCUT2D eigenvalue weighted by Gasteiger charge is 2.29. The number of aromatic nitrogens is 2. The van der Waals surface area contributed by atoms with E-state index in [-0.39, 0.29) is 24.4 Å². The summed E-state index contributed by atoms with van der Waals surface area (Å²) >= 11 is 0. The van der Waals surface area contributed by atoms with Gasteiger partial charge in [0, 0.05) is 31.9 Å². The SMILES string of the molecule is Cc1c(C(=O)N2CCCC2CN)cnn1C.Cl. The number of hydrogen-bond acceptors (Lipinski definition) is 3. The number of likely N-dealkylation sites (tertiary alicyclic amines) is 1. The first kappa shape index (κ1) is 14.0. The van der Waals surface area contributed by atoms with Crippen LogP contribution in [0.2, 0.25) is 0 Å². The lowest BCUT2D eigenvalue weighted by Gasteiger charge is -2.23. The Hall–Kier alpha value is -1.07. The Balaban J connectivity index is 0.00000144. The van der Waals surface area contributed by atoms with Gasteiger partial charge in [0.25, 0.3) is 5.91 Å². The van der Waals surface area contributed by atoms with Crippen molar-refractivity contribution >= 4 is 18.3 Å². The smallest absolute Gasteiger partial charge is 0.257 e. The van der Waals surface area contributed by atoms with E-state index in [0.717, 1.165) is 25.1 Å². The molecule has 0 saturated carbocycles. The predicted molar refractivity (Wildman–Crippen MR) is 68.3 cm³/mol. The van der Waals surface area contributed by atoms with Crippen molar-refractivity contribution in [2.24, 2.45) is 12.8 Å². The van der Waals surface area contributed by atoms with E-state index in [2.05, 4.69) is 5.10 Å². The van der Waals surface area contributed by atoms with Crippen molar-refractivity contribution in [2.75, 3.05) is 13.1 Å². The summed E-state index contributed by atoms with van der Waals surface area (Å²) in [5, 5.41) is 4.10. The van der Waals surface area contributed by atoms with Crippen molar-refractivity contribution < 1.29 is 4.79 Å². The lowest BCUT2D eigenvalue weighted by atomic mass is 10.2. The minimum atomic E-state index is 0. The highest BCUT2D eigenvalue weighted by Crippen LogP contribution is 2.20. The molecule has 2 heterocycles. The average Bonchev–Trinajstić information content (AvgIpc) is 2.86. The molecule has 1 unspecified atom stereocenters. The topological polar surface area (TPSA) is 64.2 Å². The summed E-state index contributed by atoms with van der Waals surface area (Å²) < 4.78 is 1.72. The molecule has 0 aromatic carbocycles. The highest BCUT2D eigenvalue weighted by molar-refractivity contribution is 5.95. The lowest BCUT2D eigenvalue weighted by molar-refractivity contribution is 0.0740. The fourth-order valence-corrected chi connectivity index (χ4v) is 2.21. The number of halogens is 1. The molecular weight excluding hydrogens is 240 g/mol. The van der Waals surface area contributed by atoms with Crippen LogP contribution in [0.5, 0.6) is 0 Å². The third-order valence-electron chi connectivity index (χ3n) is 3.38. The van der Waals surface area contributed by atoms with Crippen molar-refractivity contribution in [1.82, 2.24) is 14.7 Å². The Morgan fingerprint density at radius 2 is 2.35 bits per heavy atom. The van der Waals surface area contributed by atoms with Crippen LogP contribution in [0, 0.1) is 6.92 Å². The normalized spacial score (nSPS) is 19.2. The van der Waals surface area contributed by atoms with E-state index in [1.165, 1.54) is 0 Å². The van der Waals surface area contributed by atoms with Crippen molar-refractivity contribution in [3.8, 4) is 0 Å². The van der Waals surface area contributed by atoms with Gasteiger partial charge in [-0.3, -0.25) is 9.48 Å². The molecule has 0 radical (unpaired) electrons. The molecule has 17 heavy (non-hydrogen) atoms. The van der Waals surface area contributed by atoms with E-state index in [4.69, 9.17) is 5.73 Å². The molecule has 1 aliphatic heterocycles. The van der Waals surface area contributed by atoms with E-state index in [1.807, 2.05) is 18.9 Å². The predicted octanol–water partition coefficient (Wildman–Crippen LogP) is 0.714. The van der Waals surface area contributed by atoms with Crippen LogP contribution in [-0.4, -0.2) is 39.7 Å². The molecule has 2 rings (SSSR count). The van der Waals surface area contributed by atoms with Crippen molar-refractivity contribution in [3.05, 3.63) is 17.5 Å². The maximum Gasteiger partial charge on any atom is 0.257 e. The van der Waals surface area contributed by atoms with E-state index in [0.29, 0.717) is 12.1 Å². The average molecular weight is 259 g/mol. The van der Waals surface area contributed by atoms with Crippen LogP contribution in [0.1, 0.15) is 28.9 Å². The van der Waals surface area contributed by atoms with Crippen LogP contribution in [0.4, 0.5) is 0 Å². The zero-order valence-electron chi connectivity index (χ0n) is 10.2. The molecule has 1 amide bonds. The Bertz CT molecular complexity index is 404. The van der Waals surface area contributed by atoms with Crippen LogP contribution < -0.4 is 5.73 Å². The number of hydrogen-bond donors (Lipinski definition) is 1. The molecule has 96 valence electrons. The summed E-state index contributed by atoms with van der Waals surface area (Å²) in [6, 6.07) is 0.201. The Kier molecular flexibility index (Phi) is 4.54. The molecule has 0 spiro atoms. The van der Waals surface area contributed by atoms with E-state index in [1.54, 1.807) is 10.9 Å². The zero-order valence-corrected chi connectivity index (χ0v) is 11.0. The fourth-order valence-electron chi connectivity index (χ4n) is 2.21. The number of aryl methyl sites for hydroxylation is 1. The van der Waals surface area contributed by atoms with E-state index in [9.17, 15) is 4.79 Å². The molecule has 1 aliphatic rings. The first-order valence-electron chi connectivity index (χ1n) is 5.64. The number of carbonyl (C=O) groups is 1. The largest absolute Gasteiger partial charge is 0.334 e. The van der Waals surface area contributed by atoms with Gasteiger partial charge in [-0.25, -0.2) is 0 Å². The summed E-state index contributed by atoms with van der Waals surface area (Å²) in [5.41, 5.74) is 7.28. The fraction of sp³-hybridized carbons (Fsp3) is 0.636. The second-order valence-electron chi connectivity index (χ2n) is 4.30. The molecule has 1 fully saturated rings. The van der Waals surface area contributed by atoms with Gasteiger partial charge in [0.1, 0.15) is 0 Å². The monoisotopic (exact) mass is 258 g/mol. The highest BCUT2D eigenvalue weighted by atomic mass is 35.5. The molecule has 1 aromatic heterocycles. The summed E-state index contributed by atoms with van der Waals surface area (Å²) in [7, 11) is 1.84. The number of nitrogens with two attached hydrogens (primary N) is 1. The Labute approximate surface area is 107 Å². The van der Waals surface area contributed by atoms with Crippen LogP contribution in [0.15, 0.2) is 6.20 Å². The maximum absolute atomic E-state index is 12.3. The third kappa shape index (κ3) is 2.45. The number of rotatable bonds is 2. The van der Waals surface area contributed by atoms with Gasteiger partial charge < -0.3 is 10.6 Å². The van der Waals surface area contributed by atoms with Gasteiger partial charge >= 0.3 is 0 Å². The number of amides is 1. The summed E-state index contributed by atoms with van der Waals surface area (Å²) in [6.45, 7) is 3.27. The Morgan fingerprint density at radius 3 is 2.88 bits per heavy atom. The summed E-state index contributed by atoms with van der Waals surface area (Å²) in [4.78, 5) is 14.1.